The third kappa shape index (κ3) is 4.57. The maximum atomic E-state index is 14.7. The minimum absolute atomic E-state index is 0.0758. The standard InChI is InChI=1S/C23H28FNO4S/c1-13-5-10-16(17(24)11-13)21(27)25(14-6-8-15(26)9-7-14)18-12-19(23(2,3)4)30-20(18)22(28)29/h5,10-12,14-15,26H,6-9H2,1-4H3,(H,28,29). The van der Waals surface area contributed by atoms with E-state index in [1.165, 1.54) is 17.0 Å². The molecule has 0 unspecified atom stereocenters. The first-order chi connectivity index (χ1) is 14.0. The van der Waals surface area contributed by atoms with Gasteiger partial charge in [0.15, 0.2) is 0 Å². The number of aromatic carboxylic acids is 1. The number of anilines is 1. The molecule has 2 aromatic rings. The van der Waals surface area contributed by atoms with Gasteiger partial charge in [0.25, 0.3) is 5.91 Å². The van der Waals surface area contributed by atoms with Crippen molar-refractivity contribution in [1.29, 1.82) is 0 Å². The summed E-state index contributed by atoms with van der Waals surface area (Å²) >= 11 is 1.15. The van der Waals surface area contributed by atoms with Crippen molar-refractivity contribution < 1.29 is 24.2 Å². The van der Waals surface area contributed by atoms with Crippen LogP contribution in [0, 0.1) is 12.7 Å². The number of hydrogen-bond acceptors (Lipinski definition) is 4. The van der Waals surface area contributed by atoms with Gasteiger partial charge in [0, 0.05) is 10.9 Å². The first kappa shape index (κ1) is 22.4. The topological polar surface area (TPSA) is 77.8 Å². The minimum atomic E-state index is -1.11. The molecule has 1 aliphatic rings. The number of aliphatic hydroxyl groups is 1. The molecular formula is C23H28FNO4S. The third-order valence-corrected chi connectivity index (χ3v) is 7.05. The highest BCUT2D eigenvalue weighted by atomic mass is 32.1. The fourth-order valence-corrected chi connectivity index (χ4v) is 4.84. The number of carboxylic acid groups (broad SMARTS) is 1. The molecule has 1 amide bonds. The largest absolute Gasteiger partial charge is 0.477 e. The Balaban J connectivity index is 2.14. The lowest BCUT2D eigenvalue weighted by atomic mass is 9.90. The molecule has 3 rings (SSSR count). The molecule has 162 valence electrons. The monoisotopic (exact) mass is 433 g/mol. The highest BCUT2D eigenvalue weighted by molar-refractivity contribution is 7.14. The van der Waals surface area contributed by atoms with Crippen LogP contribution in [0.15, 0.2) is 24.3 Å². The maximum Gasteiger partial charge on any atom is 0.348 e. The summed E-state index contributed by atoms with van der Waals surface area (Å²) in [6.45, 7) is 7.69. The molecule has 1 aromatic carbocycles. The van der Waals surface area contributed by atoms with Crippen molar-refractivity contribution in [1.82, 2.24) is 0 Å². The second-order valence-electron chi connectivity index (χ2n) is 9.00. The van der Waals surface area contributed by atoms with Crippen molar-refractivity contribution >= 4 is 28.9 Å². The van der Waals surface area contributed by atoms with Gasteiger partial charge in [-0.1, -0.05) is 26.8 Å². The molecule has 0 bridgehead atoms. The SMILES string of the molecule is Cc1ccc(C(=O)N(c2cc(C(C)(C)C)sc2C(=O)O)C2CCC(O)CC2)c(F)c1. The number of nitrogens with zero attached hydrogens (tertiary/aromatic N) is 1. The Bertz CT molecular complexity index is 955. The Morgan fingerprint density at radius 2 is 1.77 bits per heavy atom. The van der Waals surface area contributed by atoms with Gasteiger partial charge >= 0.3 is 5.97 Å². The van der Waals surface area contributed by atoms with E-state index >= 15 is 0 Å². The van der Waals surface area contributed by atoms with Crippen LogP contribution in [0.2, 0.25) is 0 Å². The highest BCUT2D eigenvalue weighted by Crippen LogP contribution is 2.40. The van der Waals surface area contributed by atoms with Crippen LogP contribution < -0.4 is 4.90 Å². The molecule has 1 aliphatic carbocycles. The van der Waals surface area contributed by atoms with Crippen molar-refractivity contribution in [3.05, 3.63) is 51.0 Å². The summed E-state index contributed by atoms with van der Waals surface area (Å²) in [6, 6.07) is 5.88. The lowest BCUT2D eigenvalue weighted by molar-refractivity contribution is 0.0702. The summed E-state index contributed by atoms with van der Waals surface area (Å²) in [7, 11) is 0. The molecule has 30 heavy (non-hydrogen) atoms. The molecule has 0 aliphatic heterocycles. The van der Waals surface area contributed by atoms with Crippen molar-refractivity contribution in [2.45, 2.75) is 70.9 Å². The summed E-state index contributed by atoms with van der Waals surface area (Å²) < 4.78 is 14.7. The van der Waals surface area contributed by atoms with Crippen LogP contribution in [0.5, 0.6) is 0 Å². The molecule has 1 aromatic heterocycles. The average Bonchev–Trinajstić information content (AvgIpc) is 3.09. The number of amides is 1. The molecule has 7 heteroatoms. The minimum Gasteiger partial charge on any atom is -0.477 e. The summed E-state index contributed by atoms with van der Waals surface area (Å²) in [6.07, 6.45) is 1.66. The molecule has 0 saturated heterocycles. The van der Waals surface area contributed by atoms with Gasteiger partial charge in [-0.15, -0.1) is 11.3 Å². The van der Waals surface area contributed by atoms with Crippen molar-refractivity contribution in [3.63, 3.8) is 0 Å². The van der Waals surface area contributed by atoms with E-state index < -0.39 is 23.8 Å². The molecule has 1 saturated carbocycles. The number of carbonyl (C=O) groups excluding carboxylic acids is 1. The number of carboxylic acids is 1. The Morgan fingerprint density at radius 1 is 1.13 bits per heavy atom. The molecule has 2 N–H and O–H groups in total. The first-order valence-electron chi connectivity index (χ1n) is 10.1. The van der Waals surface area contributed by atoms with E-state index in [9.17, 15) is 24.2 Å². The summed E-state index contributed by atoms with van der Waals surface area (Å²) in [5, 5.41) is 19.7. The predicted molar refractivity (Wildman–Crippen MR) is 116 cm³/mol. The second kappa shape index (κ2) is 8.47. The number of aliphatic hydroxyl groups excluding tert-OH is 1. The fraction of sp³-hybridized carbons (Fsp3) is 0.478. The number of thiophene rings is 1. The smallest absolute Gasteiger partial charge is 0.348 e. The Labute approximate surface area is 180 Å². The Hall–Kier alpha value is -2.25. The normalized spacial score (nSPS) is 19.5. The van der Waals surface area contributed by atoms with Gasteiger partial charge in [-0.25, -0.2) is 9.18 Å². The molecule has 1 fully saturated rings. The lowest BCUT2D eigenvalue weighted by Gasteiger charge is -2.36. The van der Waals surface area contributed by atoms with E-state index in [1.54, 1.807) is 19.1 Å². The average molecular weight is 434 g/mol. The highest BCUT2D eigenvalue weighted by Gasteiger charge is 2.35. The second-order valence-corrected chi connectivity index (χ2v) is 10.1. The maximum absolute atomic E-state index is 14.7. The number of aryl methyl sites for hydroxylation is 1. The van der Waals surface area contributed by atoms with E-state index in [4.69, 9.17) is 0 Å². The van der Waals surface area contributed by atoms with Crippen LogP contribution >= 0.6 is 11.3 Å². The van der Waals surface area contributed by atoms with E-state index in [-0.39, 0.29) is 21.9 Å². The van der Waals surface area contributed by atoms with Gasteiger partial charge in [-0.2, -0.15) is 0 Å². The van der Waals surface area contributed by atoms with Crippen LogP contribution in [0.4, 0.5) is 10.1 Å². The Kier molecular flexibility index (Phi) is 6.34. The zero-order valence-electron chi connectivity index (χ0n) is 17.7. The van der Waals surface area contributed by atoms with Crippen LogP contribution in [0.3, 0.4) is 0 Å². The number of rotatable bonds is 4. The zero-order valence-corrected chi connectivity index (χ0v) is 18.6. The predicted octanol–water partition coefficient (Wildman–Crippen LogP) is 5.14. The molecule has 0 atom stereocenters. The number of benzene rings is 1. The van der Waals surface area contributed by atoms with E-state index in [2.05, 4.69) is 0 Å². The van der Waals surface area contributed by atoms with Crippen LogP contribution in [-0.4, -0.2) is 34.2 Å². The number of halogens is 1. The summed E-state index contributed by atoms with van der Waals surface area (Å²) in [5.74, 6) is -2.28. The molecule has 0 radical (unpaired) electrons. The summed E-state index contributed by atoms with van der Waals surface area (Å²) in [4.78, 5) is 27.9. The molecule has 1 heterocycles. The van der Waals surface area contributed by atoms with Crippen LogP contribution in [0.25, 0.3) is 0 Å². The summed E-state index contributed by atoms with van der Waals surface area (Å²) in [5.41, 5.74) is 0.642. The number of carbonyl (C=O) groups is 2. The third-order valence-electron chi connectivity index (χ3n) is 5.51. The van der Waals surface area contributed by atoms with Crippen molar-refractivity contribution in [2.75, 3.05) is 4.90 Å². The lowest BCUT2D eigenvalue weighted by Crippen LogP contribution is -2.44. The molecule has 5 nitrogen and oxygen atoms in total. The van der Waals surface area contributed by atoms with E-state index in [0.717, 1.165) is 16.2 Å². The van der Waals surface area contributed by atoms with Gasteiger partial charge in [0.1, 0.15) is 10.7 Å². The first-order valence-corrected chi connectivity index (χ1v) is 11.0. The van der Waals surface area contributed by atoms with Crippen LogP contribution in [-0.2, 0) is 5.41 Å². The molecular weight excluding hydrogens is 405 g/mol. The van der Waals surface area contributed by atoms with Gasteiger partial charge in [-0.3, -0.25) is 4.79 Å². The quantitative estimate of drug-likeness (QED) is 0.700. The Morgan fingerprint density at radius 3 is 2.30 bits per heavy atom. The van der Waals surface area contributed by atoms with E-state index in [0.29, 0.717) is 36.9 Å². The van der Waals surface area contributed by atoms with Gasteiger partial charge in [-0.05, 0) is 61.8 Å². The zero-order chi connectivity index (χ0) is 22.2. The fourth-order valence-electron chi connectivity index (χ4n) is 3.79. The van der Waals surface area contributed by atoms with Crippen LogP contribution in [0.1, 0.15) is 76.9 Å². The van der Waals surface area contributed by atoms with Crippen molar-refractivity contribution in [3.8, 4) is 0 Å². The molecule has 0 spiro atoms. The van der Waals surface area contributed by atoms with Crippen molar-refractivity contribution in [2.24, 2.45) is 0 Å². The number of hydrogen-bond donors (Lipinski definition) is 2. The van der Waals surface area contributed by atoms with E-state index in [1.807, 2.05) is 20.8 Å². The van der Waals surface area contributed by atoms with Gasteiger partial charge in [0.2, 0.25) is 0 Å². The van der Waals surface area contributed by atoms with Gasteiger partial charge < -0.3 is 15.1 Å². The van der Waals surface area contributed by atoms with Gasteiger partial charge in [0.05, 0.1) is 17.4 Å².